The van der Waals surface area contributed by atoms with Crippen LogP contribution in [0.4, 0.5) is 26.2 Å². The number of nitrogens with zero attached hydrogens (tertiary/aromatic N) is 5. The lowest BCUT2D eigenvalue weighted by Gasteiger charge is -2.27. The summed E-state index contributed by atoms with van der Waals surface area (Å²) in [6.45, 7) is 2.69. The van der Waals surface area contributed by atoms with Crippen molar-refractivity contribution in [3.63, 3.8) is 0 Å². The normalized spacial score (nSPS) is 14.2. The number of hydrogen-bond acceptors (Lipinski definition) is 8. The lowest BCUT2D eigenvalue weighted by Crippen LogP contribution is -2.36. The van der Waals surface area contributed by atoms with Crippen molar-refractivity contribution in [2.24, 2.45) is 16.2 Å². The van der Waals surface area contributed by atoms with Gasteiger partial charge in [0.25, 0.3) is 0 Å². The largest absolute Gasteiger partial charge is 0.419 e. The van der Waals surface area contributed by atoms with Crippen LogP contribution in [0.1, 0.15) is 10.5 Å². The minimum Gasteiger partial charge on any atom is -0.419 e. The van der Waals surface area contributed by atoms with Gasteiger partial charge in [-0.15, -0.1) is 0 Å². The second-order valence-corrected chi connectivity index (χ2v) is 6.44. The number of morpholine rings is 1. The summed E-state index contributed by atoms with van der Waals surface area (Å²) in [5, 5.41) is 8.96. The average molecular weight is 429 g/mol. The molecule has 1 fully saturated rings. The van der Waals surface area contributed by atoms with Crippen LogP contribution in [0, 0.1) is 11.6 Å². The summed E-state index contributed by atoms with van der Waals surface area (Å²) in [5.74, 6) is 2.33. The maximum absolute atomic E-state index is 14.1. The number of hydrogen-bond donors (Lipinski definition) is 2. The maximum Gasteiger partial charge on any atom is 0.321 e. The fourth-order valence-corrected chi connectivity index (χ4v) is 3.03. The first-order chi connectivity index (χ1) is 15.1. The van der Waals surface area contributed by atoms with E-state index in [9.17, 15) is 13.6 Å². The van der Waals surface area contributed by atoms with Crippen LogP contribution in [0.5, 0.6) is 0 Å². The van der Waals surface area contributed by atoms with E-state index in [1.807, 2.05) is 0 Å². The van der Waals surface area contributed by atoms with Gasteiger partial charge in [0.15, 0.2) is 5.69 Å². The van der Waals surface area contributed by atoms with Crippen molar-refractivity contribution >= 4 is 23.3 Å². The molecule has 12 heteroatoms. The zero-order valence-electron chi connectivity index (χ0n) is 16.1. The summed E-state index contributed by atoms with van der Waals surface area (Å²) >= 11 is 0. The van der Waals surface area contributed by atoms with Crippen molar-refractivity contribution in [3.8, 4) is 11.5 Å². The van der Waals surface area contributed by atoms with E-state index in [1.54, 1.807) is 12.1 Å². The molecule has 160 valence electrons. The predicted molar refractivity (Wildman–Crippen MR) is 106 cm³/mol. The Kier molecular flexibility index (Phi) is 5.80. The minimum absolute atomic E-state index is 0.184. The molecule has 1 saturated heterocycles. The van der Waals surface area contributed by atoms with Gasteiger partial charge in [0.1, 0.15) is 23.0 Å². The van der Waals surface area contributed by atoms with Crippen molar-refractivity contribution in [3.05, 3.63) is 53.9 Å². The number of amides is 1. The monoisotopic (exact) mass is 429 g/mol. The van der Waals surface area contributed by atoms with Crippen molar-refractivity contribution in [1.29, 1.82) is 0 Å². The Bertz CT molecular complexity index is 1090. The number of benzene rings is 1. The van der Waals surface area contributed by atoms with Gasteiger partial charge in [0, 0.05) is 13.1 Å². The van der Waals surface area contributed by atoms with Gasteiger partial charge in [-0.1, -0.05) is 16.4 Å². The van der Waals surface area contributed by atoms with E-state index in [-0.39, 0.29) is 11.6 Å². The molecule has 1 amide bonds. The highest BCUT2D eigenvalue weighted by Gasteiger charge is 2.25. The Morgan fingerprint density at radius 3 is 2.55 bits per heavy atom. The number of oxazole rings is 1. The van der Waals surface area contributed by atoms with Gasteiger partial charge < -0.3 is 25.2 Å². The average Bonchev–Trinajstić information content (AvgIpc) is 3.18. The zero-order chi connectivity index (χ0) is 21.8. The molecule has 0 atom stereocenters. The van der Waals surface area contributed by atoms with Crippen LogP contribution >= 0.6 is 0 Å². The van der Waals surface area contributed by atoms with E-state index >= 15 is 0 Å². The summed E-state index contributed by atoms with van der Waals surface area (Å²) in [5.41, 5.74) is -0.411. The number of nitrogens with one attached hydrogen (secondary N) is 1. The van der Waals surface area contributed by atoms with Crippen LogP contribution < -0.4 is 16.1 Å². The molecule has 4 rings (SSSR count). The summed E-state index contributed by atoms with van der Waals surface area (Å²) in [4.78, 5) is 22.6. The molecule has 0 radical (unpaired) electrons. The van der Waals surface area contributed by atoms with Crippen molar-refractivity contribution in [2.45, 2.75) is 0 Å². The predicted octanol–water partition coefficient (Wildman–Crippen LogP) is 3.06. The fraction of sp³-hybridized carbons (Fsp3) is 0.211. The van der Waals surface area contributed by atoms with Crippen LogP contribution in [-0.4, -0.2) is 42.2 Å². The van der Waals surface area contributed by atoms with Crippen molar-refractivity contribution in [1.82, 2.24) is 9.97 Å². The van der Waals surface area contributed by atoms with Gasteiger partial charge in [-0.25, -0.2) is 18.7 Å². The number of nitrogens with two attached hydrogens (primary N) is 1. The van der Waals surface area contributed by atoms with E-state index < -0.39 is 29.0 Å². The molecule has 3 heterocycles. The summed E-state index contributed by atoms with van der Waals surface area (Å²) in [7, 11) is 0. The number of carbonyl (C=O) groups excluding carboxylic acids is 1. The number of halogens is 2. The van der Waals surface area contributed by atoms with Crippen molar-refractivity contribution in [2.75, 3.05) is 36.5 Å². The van der Waals surface area contributed by atoms with E-state index in [2.05, 4.69) is 30.5 Å². The SMILES string of the molecule is NN=NC(=O)c1nc(-c2c(F)cccc2F)oc1Nc1ccc(N2CCOCC2)nc1. The third-order valence-electron chi connectivity index (χ3n) is 4.50. The molecule has 1 aliphatic heterocycles. The first-order valence-electron chi connectivity index (χ1n) is 9.23. The van der Waals surface area contributed by atoms with Crippen LogP contribution in [0.15, 0.2) is 51.3 Å². The first kappa shape index (κ1) is 20.3. The molecule has 0 aliphatic carbocycles. The van der Waals surface area contributed by atoms with E-state index in [0.717, 1.165) is 31.0 Å². The smallest absolute Gasteiger partial charge is 0.321 e. The Labute approximate surface area is 174 Å². The topological polar surface area (TPSA) is 131 Å². The van der Waals surface area contributed by atoms with Gasteiger partial charge in [-0.2, -0.15) is 0 Å². The number of carbonyl (C=O) groups is 1. The van der Waals surface area contributed by atoms with Crippen LogP contribution in [0.3, 0.4) is 0 Å². The Balaban J connectivity index is 1.65. The number of pyridine rings is 1. The Morgan fingerprint density at radius 2 is 1.90 bits per heavy atom. The van der Waals surface area contributed by atoms with Gasteiger partial charge in [-0.05, 0) is 24.3 Å². The molecule has 1 aliphatic rings. The van der Waals surface area contributed by atoms with Gasteiger partial charge in [-0.3, -0.25) is 4.79 Å². The molecule has 2 aromatic heterocycles. The molecule has 0 bridgehead atoms. The highest BCUT2D eigenvalue weighted by Crippen LogP contribution is 2.32. The molecule has 0 saturated carbocycles. The standard InChI is InChI=1S/C19H17F2N7O3/c20-12-2-1-3-13(21)15(12)18-25-16(17(29)26-27-22)19(31-18)24-11-4-5-14(23-10-11)28-6-8-30-9-7-28/h1-5,10,24H,6-9H2,(H2,22,26,29). The van der Waals surface area contributed by atoms with Crippen molar-refractivity contribution < 1.29 is 22.7 Å². The molecular formula is C19H17F2N7O3. The van der Waals surface area contributed by atoms with Crippen LogP contribution in [0.2, 0.25) is 0 Å². The minimum atomic E-state index is -0.949. The van der Waals surface area contributed by atoms with E-state index in [4.69, 9.17) is 15.0 Å². The summed E-state index contributed by atoms with van der Waals surface area (Å²) in [6, 6.07) is 6.79. The van der Waals surface area contributed by atoms with Crippen LogP contribution in [-0.2, 0) is 4.74 Å². The third-order valence-corrected chi connectivity index (χ3v) is 4.50. The van der Waals surface area contributed by atoms with E-state index in [0.29, 0.717) is 18.9 Å². The number of anilines is 3. The molecule has 3 aromatic rings. The fourth-order valence-electron chi connectivity index (χ4n) is 3.03. The Hall–Kier alpha value is -3.93. The Morgan fingerprint density at radius 1 is 1.16 bits per heavy atom. The number of ether oxygens (including phenoxy) is 1. The molecule has 10 nitrogen and oxygen atoms in total. The third kappa shape index (κ3) is 4.33. The second-order valence-electron chi connectivity index (χ2n) is 6.44. The molecule has 3 N–H and O–H groups in total. The highest BCUT2D eigenvalue weighted by atomic mass is 19.1. The highest BCUT2D eigenvalue weighted by molar-refractivity contribution is 5.98. The molecule has 1 aromatic carbocycles. The number of rotatable bonds is 5. The second kappa shape index (κ2) is 8.83. The zero-order valence-corrected chi connectivity index (χ0v) is 16.1. The van der Waals surface area contributed by atoms with Gasteiger partial charge >= 0.3 is 5.91 Å². The van der Waals surface area contributed by atoms with Gasteiger partial charge in [0.05, 0.1) is 25.1 Å². The van der Waals surface area contributed by atoms with E-state index in [1.165, 1.54) is 12.3 Å². The lowest BCUT2D eigenvalue weighted by atomic mass is 10.2. The first-order valence-corrected chi connectivity index (χ1v) is 9.23. The molecule has 0 unspecified atom stereocenters. The maximum atomic E-state index is 14.1. The van der Waals surface area contributed by atoms with Gasteiger partial charge in [0.2, 0.25) is 11.8 Å². The quantitative estimate of drug-likeness (QED) is 0.359. The summed E-state index contributed by atoms with van der Waals surface area (Å²) < 4.78 is 39.1. The van der Waals surface area contributed by atoms with Crippen LogP contribution in [0.25, 0.3) is 11.5 Å². The molecule has 0 spiro atoms. The number of aromatic nitrogens is 2. The molecule has 31 heavy (non-hydrogen) atoms. The summed E-state index contributed by atoms with van der Waals surface area (Å²) in [6.07, 6.45) is 1.52. The lowest BCUT2D eigenvalue weighted by molar-refractivity contribution is 0.0990. The molecular weight excluding hydrogens is 412 g/mol.